The molecule has 160 valence electrons. The molecule has 11 heteroatoms. The van der Waals surface area contributed by atoms with Crippen LogP contribution in [-0.4, -0.2) is 67.5 Å². The van der Waals surface area contributed by atoms with E-state index in [9.17, 15) is 19.2 Å². The minimum Gasteiger partial charge on any atom is -0.379 e. The number of fused-ring (bicyclic) bond motifs is 1. The Bertz CT molecular complexity index is 1020. The third-order valence-corrected chi connectivity index (χ3v) is 4.64. The fourth-order valence-corrected chi connectivity index (χ4v) is 3.24. The first-order chi connectivity index (χ1) is 15.0. The lowest BCUT2D eigenvalue weighted by Crippen LogP contribution is -2.54. The molecule has 0 bridgehead atoms. The normalized spacial score (nSPS) is 17.5. The number of piperidine rings is 1. The number of benzene rings is 1. The van der Waals surface area contributed by atoms with Gasteiger partial charge in [-0.2, -0.15) is 0 Å². The molecule has 1 atom stereocenters. The molecule has 1 aromatic rings. The van der Waals surface area contributed by atoms with E-state index < -0.39 is 29.7 Å². The Hall–Kier alpha value is -3.71. The van der Waals surface area contributed by atoms with Gasteiger partial charge in [-0.1, -0.05) is 23.0 Å². The van der Waals surface area contributed by atoms with Gasteiger partial charge in [0, 0.05) is 23.4 Å². The summed E-state index contributed by atoms with van der Waals surface area (Å²) in [6, 6.07) is 3.72. The molecule has 1 aromatic carbocycles. The summed E-state index contributed by atoms with van der Waals surface area (Å²) in [7, 11) is 0. The number of hydrogen-bond donors (Lipinski definition) is 1. The minimum absolute atomic E-state index is 0.0586. The second-order valence-electron chi connectivity index (χ2n) is 6.60. The molecule has 11 nitrogen and oxygen atoms in total. The number of hydrogen-bond acceptors (Lipinski definition) is 7. The molecular weight excluding hydrogens is 406 g/mol. The van der Waals surface area contributed by atoms with Gasteiger partial charge in [0.15, 0.2) is 0 Å². The second kappa shape index (κ2) is 10.4. The van der Waals surface area contributed by atoms with Crippen LogP contribution in [0.5, 0.6) is 0 Å². The van der Waals surface area contributed by atoms with Gasteiger partial charge < -0.3 is 9.47 Å². The SMILES string of the molecule is [N-]=[N+]=NCCOCCOCC#Cc1cccc2c1C(=O)N(C1CCC(=O)NC1=O)C2=O. The van der Waals surface area contributed by atoms with Gasteiger partial charge in [-0.25, -0.2) is 0 Å². The maximum Gasteiger partial charge on any atom is 0.263 e. The predicted molar refractivity (Wildman–Crippen MR) is 106 cm³/mol. The maximum absolute atomic E-state index is 12.9. The Labute approximate surface area is 177 Å². The summed E-state index contributed by atoms with van der Waals surface area (Å²) in [5, 5.41) is 5.50. The summed E-state index contributed by atoms with van der Waals surface area (Å²) < 4.78 is 10.5. The molecule has 2 aliphatic heterocycles. The molecule has 2 heterocycles. The van der Waals surface area contributed by atoms with Crippen LogP contribution in [0.1, 0.15) is 39.1 Å². The number of ether oxygens (including phenoxy) is 2. The van der Waals surface area contributed by atoms with Crippen LogP contribution in [0.4, 0.5) is 0 Å². The minimum atomic E-state index is -1.02. The summed E-state index contributed by atoms with van der Waals surface area (Å²) in [5.74, 6) is 3.35. The van der Waals surface area contributed by atoms with Crippen molar-refractivity contribution in [2.75, 3.05) is 33.0 Å². The van der Waals surface area contributed by atoms with E-state index in [1.807, 2.05) is 0 Å². The van der Waals surface area contributed by atoms with E-state index in [0.29, 0.717) is 25.4 Å². The summed E-state index contributed by atoms with van der Waals surface area (Å²) in [6.07, 6.45) is 0.152. The first kappa shape index (κ1) is 22.0. The van der Waals surface area contributed by atoms with Crippen molar-refractivity contribution in [3.05, 3.63) is 45.3 Å². The number of rotatable bonds is 8. The molecule has 0 saturated carbocycles. The van der Waals surface area contributed by atoms with E-state index in [-0.39, 0.29) is 37.1 Å². The van der Waals surface area contributed by atoms with Crippen molar-refractivity contribution in [1.82, 2.24) is 10.2 Å². The van der Waals surface area contributed by atoms with E-state index >= 15 is 0 Å². The number of imide groups is 2. The molecule has 1 unspecified atom stereocenters. The summed E-state index contributed by atoms with van der Waals surface area (Å²) in [4.78, 5) is 52.7. The van der Waals surface area contributed by atoms with Crippen molar-refractivity contribution in [2.45, 2.75) is 18.9 Å². The average molecular weight is 425 g/mol. The van der Waals surface area contributed by atoms with Gasteiger partial charge in [0.2, 0.25) is 11.8 Å². The van der Waals surface area contributed by atoms with Gasteiger partial charge in [-0.05, 0) is 24.1 Å². The lowest BCUT2D eigenvalue weighted by molar-refractivity contribution is -0.136. The quantitative estimate of drug-likeness (QED) is 0.162. The first-order valence-electron chi connectivity index (χ1n) is 9.54. The van der Waals surface area contributed by atoms with Gasteiger partial charge in [-0.15, -0.1) is 0 Å². The lowest BCUT2D eigenvalue weighted by atomic mass is 10.0. The van der Waals surface area contributed by atoms with Crippen molar-refractivity contribution < 1.29 is 28.7 Å². The molecule has 0 spiro atoms. The Morgan fingerprint density at radius 3 is 2.74 bits per heavy atom. The topological polar surface area (TPSA) is 151 Å². The standard InChI is InChI=1S/C20H19N5O6/c21-24-22-8-10-31-12-11-30-9-2-4-13-3-1-5-14-17(13)20(29)25(19(14)28)15-6-7-16(26)23-18(15)27/h1,3,5,15H,6-12H2,(H,23,26,27). The van der Waals surface area contributed by atoms with E-state index in [4.69, 9.17) is 15.0 Å². The van der Waals surface area contributed by atoms with Gasteiger partial charge in [-0.3, -0.25) is 29.4 Å². The third kappa shape index (κ3) is 5.07. The maximum atomic E-state index is 12.9. The van der Waals surface area contributed by atoms with Crippen LogP contribution in [-0.2, 0) is 19.1 Å². The molecule has 4 amide bonds. The zero-order valence-corrected chi connectivity index (χ0v) is 16.5. The van der Waals surface area contributed by atoms with Crippen LogP contribution in [0.25, 0.3) is 10.4 Å². The number of nitrogens with one attached hydrogen (secondary N) is 1. The van der Waals surface area contributed by atoms with Gasteiger partial charge in [0.25, 0.3) is 11.8 Å². The van der Waals surface area contributed by atoms with Gasteiger partial charge >= 0.3 is 0 Å². The van der Waals surface area contributed by atoms with Crippen molar-refractivity contribution in [3.8, 4) is 11.8 Å². The first-order valence-corrected chi connectivity index (χ1v) is 9.54. The number of amides is 4. The number of azide groups is 1. The van der Waals surface area contributed by atoms with Crippen LogP contribution in [0.3, 0.4) is 0 Å². The lowest BCUT2D eigenvalue weighted by Gasteiger charge is -2.27. The average Bonchev–Trinajstić information content (AvgIpc) is 3.01. The van der Waals surface area contributed by atoms with Crippen LogP contribution in [0.15, 0.2) is 23.3 Å². The van der Waals surface area contributed by atoms with Crippen molar-refractivity contribution >= 4 is 23.6 Å². The van der Waals surface area contributed by atoms with Crippen LogP contribution in [0, 0.1) is 11.8 Å². The summed E-state index contributed by atoms with van der Waals surface area (Å²) in [6.45, 7) is 1.24. The Balaban J connectivity index is 1.61. The van der Waals surface area contributed by atoms with Crippen LogP contribution >= 0.6 is 0 Å². The van der Waals surface area contributed by atoms with Crippen LogP contribution < -0.4 is 5.32 Å². The van der Waals surface area contributed by atoms with E-state index in [2.05, 4.69) is 27.2 Å². The van der Waals surface area contributed by atoms with E-state index in [1.54, 1.807) is 12.1 Å². The Morgan fingerprint density at radius 1 is 1.16 bits per heavy atom. The Morgan fingerprint density at radius 2 is 1.97 bits per heavy atom. The molecule has 3 rings (SSSR count). The molecule has 1 N–H and O–H groups in total. The third-order valence-electron chi connectivity index (χ3n) is 4.64. The highest BCUT2D eigenvalue weighted by atomic mass is 16.5. The highest BCUT2D eigenvalue weighted by Crippen LogP contribution is 2.29. The fourth-order valence-electron chi connectivity index (χ4n) is 3.24. The largest absolute Gasteiger partial charge is 0.379 e. The van der Waals surface area contributed by atoms with Crippen molar-refractivity contribution in [3.63, 3.8) is 0 Å². The molecule has 2 aliphatic rings. The van der Waals surface area contributed by atoms with Crippen molar-refractivity contribution in [1.29, 1.82) is 0 Å². The Kier molecular flexibility index (Phi) is 7.35. The summed E-state index contributed by atoms with van der Waals surface area (Å²) in [5.41, 5.74) is 8.82. The molecule has 1 fully saturated rings. The zero-order valence-electron chi connectivity index (χ0n) is 16.5. The highest BCUT2D eigenvalue weighted by Gasteiger charge is 2.45. The molecule has 0 radical (unpaired) electrons. The van der Waals surface area contributed by atoms with Gasteiger partial charge in [0.05, 0.1) is 30.9 Å². The molecule has 1 saturated heterocycles. The highest BCUT2D eigenvalue weighted by molar-refractivity contribution is 6.24. The smallest absolute Gasteiger partial charge is 0.263 e. The van der Waals surface area contributed by atoms with E-state index in [1.165, 1.54) is 6.07 Å². The fraction of sp³-hybridized carbons (Fsp3) is 0.400. The zero-order chi connectivity index (χ0) is 22.2. The second-order valence-corrected chi connectivity index (χ2v) is 6.60. The molecule has 31 heavy (non-hydrogen) atoms. The molecular formula is C20H19N5O6. The number of carbonyl (C=O) groups is 4. The molecule has 0 aliphatic carbocycles. The molecule has 0 aromatic heterocycles. The number of nitrogens with zero attached hydrogens (tertiary/aromatic N) is 4. The van der Waals surface area contributed by atoms with Crippen molar-refractivity contribution in [2.24, 2.45) is 5.11 Å². The monoisotopic (exact) mass is 425 g/mol. The van der Waals surface area contributed by atoms with Gasteiger partial charge in [0.1, 0.15) is 12.6 Å². The predicted octanol–water partition coefficient (Wildman–Crippen LogP) is 0.783. The summed E-state index contributed by atoms with van der Waals surface area (Å²) >= 11 is 0. The van der Waals surface area contributed by atoms with E-state index in [0.717, 1.165) is 4.90 Å². The van der Waals surface area contributed by atoms with Crippen LogP contribution in [0.2, 0.25) is 0 Å². The number of carbonyl (C=O) groups excluding carboxylic acids is 4.